The molecule has 3 rings (SSSR count). The molecular weight excluding hydrogens is 376 g/mol. The van der Waals surface area contributed by atoms with Crippen molar-refractivity contribution in [3.63, 3.8) is 0 Å². The van der Waals surface area contributed by atoms with Gasteiger partial charge in [-0.05, 0) is 31.4 Å². The zero-order chi connectivity index (χ0) is 21.0. The second kappa shape index (κ2) is 8.85. The Bertz CT molecular complexity index is 925. The van der Waals surface area contributed by atoms with E-state index in [0.717, 1.165) is 32.4 Å². The zero-order valence-corrected chi connectivity index (χ0v) is 17.2. The Kier molecular flexibility index (Phi) is 6.26. The van der Waals surface area contributed by atoms with E-state index in [1.54, 1.807) is 19.2 Å². The van der Waals surface area contributed by atoms with E-state index in [-0.39, 0.29) is 5.56 Å². The second-order valence-electron chi connectivity index (χ2n) is 6.75. The number of anilines is 2. The van der Waals surface area contributed by atoms with Gasteiger partial charge in [-0.25, -0.2) is 4.68 Å². The predicted octanol–water partition coefficient (Wildman–Crippen LogP) is 2.05. The number of ether oxygens (including phenoxy) is 3. The SMILES string of the molecule is COc1cc(C(=O)Nc2cnn(C)c(=O)c2N2CCCCC2)cc(OC)c1OC. The van der Waals surface area contributed by atoms with Gasteiger partial charge in [0.05, 0.1) is 33.2 Å². The van der Waals surface area contributed by atoms with E-state index in [2.05, 4.69) is 10.4 Å². The molecule has 1 aliphatic heterocycles. The number of aromatic nitrogens is 2. The molecule has 9 nitrogen and oxygen atoms in total. The molecule has 1 N–H and O–H groups in total. The van der Waals surface area contributed by atoms with Gasteiger partial charge in [0.1, 0.15) is 5.69 Å². The minimum Gasteiger partial charge on any atom is -0.493 e. The van der Waals surface area contributed by atoms with Gasteiger partial charge in [0.25, 0.3) is 11.5 Å². The number of aryl methyl sites for hydroxylation is 1. The number of amides is 1. The molecule has 0 atom stereocenters. The van der Waals surface area contributed by atoms with Crippen molar-refractivity contribution >= 4 is 17.3 Å². The zero-order valence-electron chi connectivity index (χ0n) is 17.2. The minimum atomic E-state index is -0.405. The monoisotopic (exact) mass is 402 g/mol. The van der Waals surface area contributed by atoms with Crippen LogP contribution < -0.4 is 30.0 Å². The third kappa shape index (κ3) is 4.13. The number of piperidine rings is 1. The molecule has 29 heavy (non-hydrogen) atoms. The molecule has 1 fully saturated rings. The van der Waals surface area contributed by atoms with E-state index < -0.39 is 5.91 Å². The third-order valence-electron chi connectivity index (χ3n) is 4.96. The Balaban J connectivity index is 1.97. The van der Waals surface area contributed by atoms with Crippen molar-refractivity contribution in [3.05, 3.63) is 34.2 Å². The van der Waals surface area contributed by atoms with Gasteiger partial charge in [0.2, 0.25) is 5.75 Å². The molecule has 1 aromatic heterocycles. The van der Waals surface area contributed by atoms with Crippen molar-refractivity contribution in [1.82, 2.24) is 9.78 Å². The van der Waals surface area contributed by atoms with E-state index in [1.807, 2.05) is 4.90 Å². The van der Waals surface area contributed by atoms with Gasteiger partial charge in [-0.1, -0.05) is 0 Å². The van der Waals surface area contributed by atoms with Crippen molar-refractivity contribution in [3.8, 4) is 17.2 Å². The van der Waals surface area contributed by atoms with Crippen LogP contribution in [0.3, 0.4) is 0 Å². The summed E-state index contributed by atoms with van der Waals surface area (Å²) < 4.78 is 17.2. The van der Waals surface area contributed by atoms with Crippen molar-refractivity contribution < 1.29 is 19.0 Å². The standard InChI is InChI=1S/C20H26N4O5/c1-23-20(26)17(24-8-6-5-7-9-24)14(12-21-23)22-19(25)13-10-15(27-2)18(29-4)16(11-13)28-3/h10-12H,5-9H2,1-4H3,(H,22,25). The molecule has 156 valence electrons. The number of rotatable bonds is 6. The molecule has 2 heterocycles. The van der Waals surface area contributed by atoms with Gasteiger partial charge in [-0.2, -0.15) is 5.10 Å². The quantitative estimate of drug-likeness (QED) is 0.790. The van der Waals surface area contributed by atoms with Gasteiger partial charge < -0.3 is 24.4 Å². The molecule has 1 saturated heterocycles. The number of carbonyl (C=O) groups excluding carboxylic acids is 1. The van der Waals surface area contributed by atoms with E-state index >= 15 is 0 Å². The molecule has 1 aliphatic rings. The summed E-state index contributed by atoms with van der Waals surface area (Å²) in [5.41, 5.74) is 0.913. The number of nitrogens with zero attached hydrogens (tertiary/aromatic N) is 3. The Hall–Kier alpha value is -3.23. The average Bonchev–Trinajstić information content (AvgIpc) is 2.75. The lowest BCUT2D eigenvalue weighted by Gasteiger charge is -2.29. The van der Waals surface area contributed by atoms with Crippen molar-refractivity contribution in [2.45, 2.75) is 19.3 Å². The summed E-state index contributed by atoms with van der Waals surface area (Å²) in [6.07, 6.45) is 4.65. The average molecular weight is 402 g/mol. The maximum atomic E-state index is 13.0. The number of hydrogen-bond donors (Lipinski definition) is 1. The Morgan fingerprint density at radius 3 is 2.21 bits per heavy atom. The van der Waals surface area contributed by atoms with E-state index in [0.29, 0.717) is 34.2 Å². The highest BCUT2D eigenvalue weighted by Gasteiger charge is 2.22. The van der Waals surface area contributed by atoms with E-state index in [1.165, 1.54) is 32.2 Å². The fourth-order valence-corrected chi connectivity index (χ4v) is 3.45. The Labute approximate surface area is 169 Å². The van der Waals surface area contributed by atoms with Crippen LogP contribution in [0.25, 0.3) is 0 Å². The van der Waals surface area contributed by atoms with E-state index in [9.17, 15) is 9.59 Å². The largest absolute Gasteiger partial charge is 0.493 e. The number of carbonyl (C=O) groups is 1. The summed E-state index contributed by atoms with van der Waals surface area (Å²) in [5, 5.41) is 6.89. The molecule has 0 radical (unpaired) electrons. The summed E-state index contributed by atoms with van der Waals surface area (Å²) in [6.45, 7) is 1.54. The third-order valence-corrected chi connectivity index (χ3v) is 4.96. The van der Waals surface area contributed by atoms with Crippen LogP contribution in [0.5, 0.6) is 17.2 Å². The molecule has 2 aromatic rings. The summed E-state index contributed by atoms with van der Waals surface area (Å²) in [7, 11) is 6.06. The molecule has 0 aliphatic carbocycles. The van der Waals surface area contributed by atoms with Gasteiger partial charge in [-0.15, -0.1) is 0 Å². The maximum Gasteiger partial charge on any atom is 0.292 e. The first-order valence-corrected chi connectivity index (χ1v) is 9.42. The Morgan fingerprint density at radius 2 is 1.66 bits per heavy atom. The fourth-order valence-electron chi connectivity index (χ4n) is 3.45. The molecule has 0 spiro atoms. The second-order valence-corrected chi connectivity index (χ2v) is 6.75. The van der Waals surface area contributed by atoms with Crippen LogP contribution in [-0.4, -0.2) is 50.1 Å². The van der Waals surface area contributed by atoms with Crippen LogP contribution in [0.4, 0.5) is 11.4 Å². The molecule has 0 unspecified atom stereocenters. The van der Waals surface area contributed by atoms with Gasteiger partial charge in [0, 0.05) is 25.7 Å². The molecule has 9 heteroatoms. The van der Waals surface area contributed by atoms with Crippen LogP contribution in [0.2, 0.25) is 0 Å². The highest BCUT2D eigenvalue weighted by Crippen LogP contribution is 2.38. The molecule has 1 aromatic carbocycles. The molecule has 1 amide bonds. The lowest BCUT2D eigenvalue weighted by Crippen LogP contribution is -2.37. The minimum absolute atomic E-state index is 0.241. The summed E-state index contributed by atoms with van der Waals surface area (Å²) in [5.74, 6) is 0.735. The van der Waals surface area contributed by atoms with Gasteiger partial charge in [0.15, 0.2) is 11.5 Å². The fraction of sp³-hybridized carbons (Fsp3) is 0.450. The lowest BCUT2D eigenvalue weighted by atomic mass is 10.1. The summed E-state index contributed by atoms with van der Waals surface area (Å²) >= 11 is 0. The van der Waals surface area contributed by atoms with Gasteiger partial charge in [-0.3, -0.25) is 9.59 Å². The van der Waals surface area contributed by atoms with Crippen LogP contribution in [0.15, 0.2) is 23.1 Å². The van der Waals surface area contributed by atoms with Crippen LogP contribution in [0, 0.1) is 0 Å². The number of nitrogens with one attached hydrogen (secondary N) is 1. The summed E-state index contributed by atoms with van der Waals surface area (Å²) in [6, 6.07) is 3.12. The predicted molar refractivity (Wildman–Crippen MR) is 110 cm³/mol. The van der Waals surface area contributed by atoms with Crippen LogP contribution >= 0.6 is 0 Å². The van der Waals surface area contributed by atoms with Crippen LogP contribution in [0.1, 0.15) is 29.6 Å². The number of methoxy groups -OCH3 is 3. The Morgan fingerprint density at radius 1 is 1.03 bits per heavy atom. The number of hydrogen-bond acceptors (Lipinski definition) is 7. The summed E-state index contributed by atoms with van der Waals surface area (Å²) in [4.78, 5) is 27.7. The first-order chi connectivity index (χ1) is 14.0. The van der Waals surface area contributed by atoms with E-state index in [4.69, 9.17) is 14.2 Å². The highest BCUT2D eigenvalue weighted by molar-refractivity contribution is 6.06. The van der Waals surface area contributed by atoms with Crippen molar-refractivity contribution in [2.75, 3.05) is 44.6 Å². The maximum absolute atomic E-state index is 13.0. The normalized spacial score (nSPS) is 13.7. The van der Waals surface area contributed by atoms with Crippen molar-refractivity contribution in [1.29, 1.82) is 0 Å². The topological polar surface area (TPSA) is 94.9 Å². The molecule has 0 bridgehead atoms. The highest BCUT2D eigenvalue weighted by atomic mass is 16.5. The smallest absolute Gasteiger partial charge is 0.292 e. The van der Waals surface area contributed by atoms with Crippen molar-refractivity contribution in [2.24, 2.45) is 7.05 Å². The van der Waals surface area contributed by atoms with Gasteiger partial charge >= 0.3 is 0 Å². The first kappa shape index (κ1) is 20.5. The number of benzene rings is 1. The molecular formula is C20H26N4O5. The lowest BCUT2D eigenvalue weighted by molar-refractivity contribution is 0.102. The van der Waals surface area contributed by atoms with Crippen LogP contribution in [-0.2, 0) is 7.05 Å². The first-order valence-electron chi connectivity index (χ1n) is 9.42. The molecule has 0 saturated carbocycles.